The molecule has 1 aromatic rings. The van der Waals surface area contributed by atoms with Crippen LogP contribution in [0.15, 0.2) is 21.5 Å². The molecule has 0 aliphatic carbocycles. The van der Waals surface area contributed by atoms with Gasteiger partial charge >= 0.3 is 5.97 Å². The van der Waals surface area contributed by atoms with E-state index in [9.17, 15) is 13.2 Å². The van der Waals surface area contributed by atoms with Crippen LogP contribution in [0.25, 0.3) is 0 Å². The van der Waals surface area contributed by atoms with E-state index >= 15 is 0 Å². The zero-order valence-electron chi connectivity index (χ0n) is 11.7. The Morgan fingerprint density at radius 3 is 2.62 bits per heavy atom. The predicted molar refractivity (Wildman–Crippen MR) is 85.4 cm³/mol. The average molecular weight is 399 g/mol. The van der Waals surface area contributed by atoms with Crippen LogP contribution in [0.2, 0.25) is 5.02 Å². The van der Waals surface area contributed by atoms with Crippen molar-refractivity contribution in [1.29, 1.82) is 0 Å². The van der Waals surface area contributed by atoms with Crippen LogP contribution in [0, 0.1) is 0 Å². The van der Waals surface area contributed by atoms with Crippen molar-refractivity contribution < 1.29 is 18.3 Å². The van der Waals surface area contributed by atoms with Gasteiger partial charge in [0.05, 0.1) is 15.5 Å². The number of sulfonamides is 1. The van der Waals surface area contributed by atoms with Crippen molar-refractivity contribution in [3.8, 4) is 0 Å². The molecular formula is C13H17BrClNO4S. The molecule has 118 valence electrons. The first kappa shape index (κ1) is 18.4. The van der Waals surface area contributed by atoms with E-state index in [1.54, 1.807) is 6.92 Å². The van der Waals surface area contributed by atoms with Crippen LogP contribution in [0.1, 0.15) is 43.5 Å². The number of rotatable bonds is 7. The number of hydrogen-bond acceptors (Lipinski definition) is 3. The van der Waals surface area contributed by atoms with Gasteiger partial charge in [0.15, 0.2) is 0 Å². The molecule has 1 rings (SSSR count). The second-order valence-corrected chi connectivity index (χ2v) is 7.68. The standard InChI is InChI=1S/C13H17BrClNO4S/c1-3-4-5-8(2)16-21(19,20)9-6-10(13(17)18)12(15)11(14)7-9/h6-8,16H,3-5H2,1-2H3,(H,17,18). The summed E-state index contributed by atoms with van der Waals surface area (Å²) in [6, 6.07) is 2.13. The van der Waals surface area contributed by atoms with E-state index in [0.717, 1.165) is 25.3 Å². The minimum Gasteiger partial charge on any atom is -0.478 e. The van der Waals surface area contributed by atoms with Gasteiger partial charge in [0.1, 0.15) is 0 Å². The van der Waals surface area contributed by atoms with E-state index in [2.05, 4.69) is 20.7 Å². The molecule has 21 heavy (non-hydrogen) atoms. The monoisotopic (exact) mass is 397 g/mol. The molecule has 0 radical (unpaired) electrons. The number of aromatic carboxylic acids is 1. The molecule has 1 unspecified atom stereocenters. The van der Waals surface area contributed by atoms with Crippen LogP contribution in [-0.2, 0) is 10.0 Å². The molecule has 0 bridgehead atoms. The van der Waals surface area contributed by atoms with Crippen molar-refractivity contribution in [1.82, 2.24) is 4.72 Å². The number of unbranched alkanes of at least 4 members (excludes halogenated alkanes) is 1. The van der Waals surface area contributed by atoms with Crippen LogP contribution < -0.4 is 4.72 Å². The van der Waals surface area contributed by atoms with Gasteiger partial charge in [0, 0.05) is 10.5 Å². The topological polar surface area (TPSA) is 83.5 Å². The number of carbonyl (C=O) groups is 1. The highest BCUT2D eigenvalue weighted by Crippen LogP contribution is 2.30. The van der Waals surface area contributed by atoms with Crippen LogP contribution in [0.4, 0.5) is 0 Å². The molecule has 0 saturated heterocycles. The highest BCUT2D eigenvalue weighted by atomic mass is 79.9. The Balaban J connectivity index is 3.12. The third-order valence-electron chi connectivity index (χ3n) is 2.89. The van der Waals surface area contributed by atoms with Crippen LogP contribution in [0.3, 0.4) is 0 Å². The van der Waals surface area contributed by atoms with Gasteiger partial charge in [-0.05, 0) is 41.4 Å². The summed E-state index contributed by atoms with van der Waals surface area (Å²) in [5.74, 6) is -1.28. The second kappa shape index (κ2) is 7.58. The Bertz CT molecular complexity index is 633. The van der Waals surface area contributed by atoms with Crippen molar-refractivity contribution >= 4 is 43.5 Å². The van der Waals surface area contributed by atoms with Gasteiger partial charge in [-0.3, -0.25) is 0 Å². The summed E-state index contributed by atoms with van der Waals surface area (Å²) >= 11 is 8.92. The molecule has 0 aliphatic heterocycles. The normalized spacial score (nSPS) is 13.1. The molecule has 0 aromatic heterocycles. The summed E-state index contributed by atoms with van der Waals surface area (Å²) in [6.45, 7) is 3.80. The quantitative estimate of drug-likeness (QED) is 0.734. The molecule has 0 amide bonds. The SMILES string of the molecule is CCCCC(C)NS(=O)(=O)c1cc(Br)c(Cl)c(C(=O)O)c1. The lowest BCUT2D eigenvalue weighted by Crippen LogP contribution is -2.32. The number of carboxylic acids is 1. The molecule has 0 spiro atoms. The minimum absolute atomic E-state index is 0.0273. The lowest BCUT2D eigenvalue weighted by Gasteiger charge is -2.15. The summed E-state index contributed by atoms with van der Waals surface area (Å²) in [7, 11) is -3.79. The third-order valence-corrected chi connectivity index (χ3v) is 5.72. The van der Waals surface area contributed by atoms with E-state index in [0.29, 0.717) is 0 Å². The average Bonchev–Trinajstić information content (AvgIpc) is 2.38. The summed E-state index contributed by atoms with van der Waals surface area (Å²) in [4.78, 5) is 11.0. The van der Waals surface area contributed by atoms with Gasteiger partial charge in [0.25, 0.3) is 0 Å². The van der Waals surface area contributed by atoms with Gasteiger partial charge in [-0.15, -0.1) is 0 Å². The van der Waals surface area contributed by atoms with E-state index < -0.39 is 16.0 Å². The Labute approximate surface area is 137 Å². The zero-order chi connectivity index (χ0) is 16.2. The van der Waals surface area contributed by atoms with Crippen LogP contribution in [-0.4, -0.2) is 25.5 Å². The highest BCUT2D eigenvalue weighted by molar-refractivity contribution is 9.10. The first-order chi connectivity index (χ1) is 9.69. The number of hydrogen-bond donors (Lipinski definition) is 2. The van der Waals surface area contributed by atoms with Crippen LogP contribution in [0.5, 0.6) is 0 Å². The molecule has 2 N–H and O–H groups in total. The Morgan fingerprint density at radius 1 is 1.48 bits per heavy atom. The summed E-state index contributed by atoms with van der Waals surface area (Å²) < 4.78 is 27.3. The Kier molecular flexibility index (Phi) is 6.65. The predicted octanol–water partition coefficient (Wildman–Crippen LogP) is 3.66. The largest absolute Gasteiger partial charge is 0.478 e. The van der Waals surface area contributed by atoms with E-state index in [1.165, 1.54) is 6.07 Å². The van der Waals surface area contributed by atoms with Gasteiger partial charge in [-0.2, -0.15) is 0 Å². The first-order valence-electron chi connectivity index (χ1n) is 6.43. The fourth-order valence-corrected chi connectivity index (χ4v) is 3.91. The lowest BCUT2D eigenvalue weighted by molar-refractivity contribution is 0.0696. The van der Waals surface area contributed by atoms with E-state index in [4.69, 9.17) is 16.7 Å². The van der Waals surface area contributed by atoms with Gasteiger partial charge in [-0.1, -0.05) is 31.4 Å². The summed E-state index contributed by atoms with van der Waals surface area (Å²) in [6.07, 6.45) is 2.60. The smallest absolute Gasteiger partial charge is 0.337 e. The zero-order valence-corrected chi connectivity index (χ0v) is 14.8. The maximum atomic E-state index is 12.3. The van der Waals surface area contributed by atoms with Crippen molar-refractivity contribution in [2.75, 3.05) is 0 Å². The molecule has 0 aliphatic rings. The summed E-state index contributed by atoms with van der Waals surface area (Å²) in [5.41, 5.74) is -0.257. The van der Waals surface area contributed by atoms with E-state index in [1.807, 2.05) is 6.92 Å². The molecule has 8 heteroatoms. The highest BCUT2D eigenvalue weighted by Gasteiger charge is 2.22. The van der Waals surface area contributed by atoms with Crippen molar-refractivity contribution in [2.45, 2.75) is 44.0 Å². The lowest BCUT2D eigenvalue weighted by atomic mass is 10.2. The second-order valence-electron chi connectivity index (χ2n) is 4.74. The third kappa shape index (κ3) is 4.95. The fourth-order valence-electron chi connectivity index (χ4n) is 1.78. The number of halogens is 2. The fraction of sp³-hybridized carbons (Fsp3) is 0.462. The van der Waals surface area contributed by atoms with Crippen molar-refractivity contribution in [3.05, 3.63) is 27.2 Å². The molecule has 1 atom stereocenters. The van der Waals surface area contributed by atoms with Crippen LogP contribution >= 0.6 is 27.5 Å². The maximum Gasteiger partial charge on any atom is 0.337 e. The van der Waals surface area contributed by atoms with Gasteiger partial charge in [0.2, 0.25) is 10.0 Å². The summed E-state index contributed by atoms with van der Waals surface area (Å²) in [5, 5.41) is 9.03. The Morgan fingerprint density at radius 2 is 2.10 bits per heavy atom. The number of nitrogens with one attached hydrogen (secondary N) is 1. The Hall–Kier alpha value is -0.630. The molecular weight excluding hydrogens is 382 g/mol. The van der Waals surface area contributed by atoms with Crippen molar-refractivity contribution in [3.63, 3.8) is 0 Å². The first-order valence-corrected chi connectivity index (χ1v) is 9.09. The van der Waals surface area contributed by atoms with Gasteiger partial charge in [-0.25, -0.2) is 17.9 Å². The van der Waals surface area contributed by atoms with Gasteiger partial charge < -0.3 is 5.11 Å². The molecule has 1 aromatic carbocycles. The van der Waals surface area contributed by atoms with E-state index in [-0.39, 0.29) is 26.0 Å². The molecule has 0 saturated carbocycles. The molecule has 0 heterocycles. The molecule has 0 fully saturated rings. The number of benzene rings is 1. The maximum absolute atomic E-state index is 12.3. The number of carboxylic acid groups (broad SMARTS) is 1. The minimum atomic E-state index is -3.79. The molecule has 5 nitrogen and oxygen atoms in total. The van der Waals surface area contributed by atoms with Crippen molar-refractivity contribution in [2.24, 2.45) is 0 Å².